The Morgan fingerprint density at radius 3 is 2.38 bits per heavy atom. The first-order chi connectivity index (χ1) is 5.82. The summed E-state index contributed by atoms with van der Waals surface area (Å²) in [5, 5.41) is 5.23. The average molecular weight is 221 g/mol. The summed E-state index contributed by atoms with van der Waals surface area (Å²) in [4.78, 5) is -0.127. The van der Waals surface area contributed by atoms with E-state index in [4.69, 9.17) is 22.5 Å². The lowest BCUT2D eigenvalue weighted by Gasteiger charge is -2.06. The Bertz CT molecular complexity index is 442. The molecule has 72 valence electrons. The van der Waals surface area contributed by atoms with E-state index in [-0.39, 0.29) is 10.6 Å². The molecule has 0 aliphatic carbocycles. The summed E-state index contributed by atoms with van der Waals surface area (Å²) in [7, 11) is -3.79. The van der Waals surface area contributed by atoms with Crippen molar-refractivity contribution in [3.63, 3.8) is 0 Å². The number of nitrogens with two attached hydrogens (primary N) is 2. The first-order valence-corrected chi connectivity index (χ1v) is 5.33. The van der Waals surface area contributed by atoms with Crippen LogP contribution in [0.4, 0.5) is 5.69 Å². The molecule has 0 atom stereocenters. The Labute approximate surface area is 81.5 Å². The summed E-state index contributed by atoms with van der Waals surface area (Å²) in [6.45, 7) is 1.66. The van der Waals surface area contributed by atoms with E-state index < -0.39 is 10.0 Å². The Hall–Kier alpha value is -0.780. The lowest BCUT2D eigenvalue weighted by molar-refractivity contribution is 0.598. The number of hydrogen-bond acceptors (Lipinski definition) is 3. The minimum atomic E-state index is -3.79. The van der Waals surface area contributed by atoms with E-state index >= 15 is 0 Å². The van der Waals surface area contributed by atoms with E-state index in [1.165, 1.54) is 6.07 Å². The summed E-state index contributed by atoms with van der Waals surface area (Å²) in [6, 6.07) is 2.81. The highest BCUT2D eigenvalue weighted by atomic mass is 35.5. The van der Waals surface area contributed by atoms with Crippen molar-refractivity contribution >= 4 is 27.3 Å². The quantitative estimate of drug-likeness (QED) is 0.689. The summed E-state index contributed by atoms with van der Waals surface area (Å²) >= 11 is 5.65. The van der Waals surface area contributed by atoms with Crippen LogP contribution in [0.2, 0.25) is 5.02 Å². The standard InChI is InChI=1S/C7H9ClN2O2S/c1-4-2-5(8)3-6(7(4)9)13(10,11)12/h2-3H,9H2,1H3,(H2,10,11,12). The molecule has 0 radical (unpaired) electrons. The largest absolute Gasteiger partial charge is 0.397 e. The molecule has 0 spiro atoms. The van der Waals surface area contributed by atoms with Gasteiger partial charge < -0.3 is 5.73 Å². The van der Waals surface area contributed by atoms with E-state index in [0.717, 1.165) is 0 Å². The van der Waals surface area contributed by atoms with E-state index in [1.54, 1.807) is 13.0 Å². The van der Waals surface area contributed by atoms with Gasteiger partial charge in [0, 0.05) is 5.02 Å². The summed E-state index contributed by atoms with van der Waals surface area (Å²) in [6.07, 6.45) is 0. The second-order valence-electron chi connectivity index (χ2n) is 2.68. The maximum atomic E-state index is 11.0. The highest BCUT2D eigenvalue weighted by Crippen LogP contribution is 2.25. The van der Waals surface area contributed by atoms with Gasteiger partial charge in [-0.05, 0) is 24.6 Å². The molecule has 0 saturated heterocycles. The maximum absolute atomic E-state index is 11.0. The lowest BCUT2D eigenvalue weighted by Crippen LogP contribution is -2.14. The molecule has 1 aromatic carbocycles. The minimum Gasteiger partial charge on any atom is -0.397 e. The molecule has 1 aromatic rings. The van der Waals surface area contributed by atoms with Crippen LogP contribution < -0.4 is 10.9 Å². The lowest BCUT2D eigenvalue weighted by atomic mass is 10.2. The Kier molecular flexibility index (Phi) is 2.51. The monoisotopic (exact) mass is 220 g/mol. The molecular formula is C7H9ClN2O2S. The number of primary sulfonamides is 1. The summed E-state index contributed by atoms with van der Waals surface area (Å²) < 4.78 is 22.0. The van der Waals surface area contributed by atoms with E-state index in [0.29, 0.717) is 10.6 Å². The van der Waals surface area contributed by atoms with Gasteiger partial charge in [-0.25, -0.2) is 13.6 Å². The van der Waals surface area contributed by atoms with Crippen LogP contribution in [0.1, 0.15) is 5.56 Å². The maximum Gasteiger partial charge on any atom is 0.240 e. The average Bonchev–Trinajstić information content (AvgIpc) is 1.94. The second-order valence-corrected chi connectivity index (χ2v) is 4.65. The molecule has 0 unspecified atom stereocenters. The third kappa shape index (κ3) is 2.12. The van der Waals surface area contributed by atoms with Gasteiger partial charge in [0.1, 0.15) is 4.90 Å². The van der Waals surface area contributed by atoms with E-state index in [2.05, 4.69) is 0 Å². The summed E-state index contributed by atoms with van der Waals surface area (Å²) in [5.41, 5.74) is 6.26. The summed E-state index contributed by atoms with van der Waals surface area (Å²) in [5.74, 6) is 0. The van der Waals surface area contributed by atoms with Crippen molar-refractivity contribution in [1.29, 1.82) is 0 Å². The fraction of sp³-hybridized carbons (Fsp3) is 0.143. The molecule has 4 N–H and O–H groups in total. The zero-order valence-corrected chi connectivity index (χ0v) is 8.48. The van der Waals surface area contributed by atoms with E-state index in [1.807, 2.05) is 0 Å². The van der Waals surface area contributed by atoms with Gasteiger partial charge in [0.15, 0.2) is 0 Å². The fourth-order valence-corrected chi connectivity index (χ4v) is 2.06. The van der Waals surface area contributed by atoms with Crippen LogP contribution in [-0.2, 0) is 10.0 Å². The SMILES string of the molecule is Cc1cc(Cl)cc(S(N)(=O)=O)c1N. The van der Waals surface area contributed by atoms with Crippen LogP contribution in [-0.4, -0.2) is 8.42 Å². The van der Waals surface area contributed by atoms with E-state index in [9.17, 15) is 8.42 Å². The first-order valence-electron chi connectivity index (χ1n) is 3.41. The Morgan fingerprint density at radius 1 is 1.38 bits per heavy atom. The molecule has 6 heteroatoms. The fourth-order valence-electron chi connectivity index (χ4n) is 0.959. The molecule has 13 heavy (non-hydrogen) atoms. The van der Waals surface area contributed by atoms with Gasteiger partial charge in [0.25, 0.3) is 0 Å². The first kappa shape index (κ1) is 10.3. The normalized spacial score (nSPS) is 11.6. The van der Waals surface area contributed by atoms with Crippen LogP contribution in [0.25, 0.3) is 0 Å². The van der Waals surface area contributed by atoms with Crippen molar-refractivity contribution in [3.8, 4) is 0 Å². The van der Waals surface area contributed by atoms with Gasteiger partial charge in [-0.15, -0.1) is 0 Å². The van der Waals surface area contributed by atoms with Crippen LogP contribution in [0.3, 0.4) is 0 Å². The van der Waals surface area contributed by atoms with Crippen LogP contribution in [0, 0.1) is 6.92 Å². The molecule has 1 rings (SSSR count). The predicted molar refractivity (Wildman–Crippen MR) is 52.0 cm³/mol. The predicted octanol–water partition coefficient (Wildman–Crippen LogP) is 0.878. The van der Waals surface area contributed by atoms with Crippen LogP contribution in [0.15, 0.2) is 17.0 Å². The number of halogens is 1. The molecule has 0 saturated carbocycles. The van der Waals surface area contributed by atoms with Crippen molar-refractivity contribution in [2.45, 2.75) is 11.8 Å². The number of rotatable bonds is 1. The van der Waals surface area contributed by atoms with Gasteiger partial charge in [-0.2, -0.15) is 0 Å². The molecule has 0 fully saturated rings. The van der Waals surface area contributed by atoms with Crippen LogP contribution in [0.5, 0.6) is 0 Å². The minimum absolute atomic E-state index is 0.127. The number of nitrogen functional groups attached to an aromatic ring is 1. The zero-order valence-electron chi connectivity index (χ0n) is 6.91. The van der Waals surface area contributed by atoms with Gasteiger partial charge in [0.2, 0.25) is 10.0 Å². The zero-order chi connectivity index (χ0) is 10.2. The molecule has 0 heterocycles. The number of anilines is 1. The topological polar surface area (TPSA) is 86.2 Å². The highest BCUT2D eigenvalue weighted by molar-refractivity contribution is 7.89. The number of sulfonamides is 1. The van der Waals surface area contributed by atoms with Crippen molar-refractivity contribution in [1.82, 2.24) is 0 Å². The Balaban J connectivity index is 3.56. The van der Waals surface area contributed by atoms with Crippen molar-refractivity contribution in [2.24, 2.45) is 5.14 Å². The molecule has 0 aliphatic heterocycles. The molecular weight excluding hydrogens is 212 g/mol. The third-order valence-electron chi connectivity index (χ3n) is 1.62. The molecule has 0 aromatic heterocycles. The number of hydrogen-bond donors (Lipinski definition) is 2. The highest BCUT2D eigenvalue weighted by Gasteiger charge is 2.14. The van der Waals surface area contributed by atoms with Crippen molar-refractivity contribution in [2.75, 3.05) is 5.73 Å². The van der Waals surface area contributed by atoms with Gasteiger partial charge in [0.05, 0.1) is 5.69 Å². The Morgan fingerprint density at radius 2 is 1.92 bits per heavy atom. The van der Waals surface area contributed by atoms with Crippen molar-refractivity contribution < 1.29 is 8.42 Å². The second kappa shape index (κ2) is 3.17. The van der Waals surface area contributed by atoms with Crippen LogP contribution >= 0.6 is 11.6 Å². The molecule has 4 nitrogen and oxygen atoms in total. The number of benzene rings is 1. The van der Waals surface area contributed by atoms with Gasteiger partial charge >= 0.3 is 0 Å². The van der Waals surface area contributed by atoms with Gasteiger partial charge in [-0.3, -0.25) is 0 Å². The molecule has 0 amide bonds. The third-order valence-corrected chi connectivity index (χ3v) is 2.79. The van der Waals surface area contributed by atoms with Crippen molar-refractivity contribution in [3.05, 3.63) is 22.7 Å². The molecule has 0 aliphatic rings. The number of aryl methyl sites for hydroxylation is 1. The smallest absolute Gasteiger partial charge is 0.240 e. The van der Waals surface area contributed by atoms with Gasteiger partial charge in [-0.1, -0.05) is 11.6 Å². The molecule has 0 bridgehead atoms.